The molecule has 1 aliphatic heterocycles. The highest BCUT2D eigenvalue weighted by Crippen LogP contribution is 2.27. The molecule has 1 fully saturated rings. The molecular weight excluding hydrogens is 308 g/mol. The van der Waals surface area contributed by atoms with Crippen molar-refractivity contribution in [3.63, 3.8) is 0 Å². The predicted octanol–water partition coefficient (Wildman–Crippen LogP) is 1.96. The van der Waals surface area contributed by atoms with E-state index in [9.17, 15) is 14.4 Å². The van der Waals surface area contributed by atoms with Gasteiger partial charge in [0.15, 0.2) is 0 Å². The Morgan fingerprint density at radius 3 is 2.42 bits per heavy atom. The van der Waals surface area contributed by atoms with Gasteiger partial charge in [-0.1, -0.05) is 12.1 Å². The van der Waals surface area contributed by atoms with Crippen LogP contribution in [0.15, 0.2) is 24.3 Å². The lowest BCUT2D eigenvalue weighted by molar-refractivity contribution is -0.136. The molecule has 0 saturated carbocycles. The molecule has 0 spiro atoms. The minimum Gasteiger partial charge on any atom is -0.478 e. The first-order valence-corrected chi connectivity index (χ1v) is 8.19. The molecule has 2 amide bonds. The van der Waals surface area contributed by atoms with Gasteiger partial charge in [0.25, 0.3) is 0 Å². The Bertz CT molecular complexity index is 610. The van der Waals surface area contributed by atoms with Crippen LogP contribution in [0.4, 0.5) is 0 Å². The van der Waals surface area contributed by atoms with Crippen molar-refractivity contribution in [2.75, 3.05) is 27.2 Å². The first-order valence-electron chi connectivity index (χ1n) is 8.19. The molecule has 24 heavy (non-hydrogen) atoms. The van der Waals surface area contributed by atoms with Gasteiger partial charge in [-0.05, 0) is 30.5 Å². The summed E-state index contributed by atoms with van der Waals surface area (Å²) in [6.07, 6.45) is 2.37. The lowest BCUT2D eigenvalue weighted by Crippen LogP contribution is -2.39. The molecular formula is C18H24N2O4. The van der Waals surface area contributed by atoms with E-state index in [2.05, 4.69) is 0 Å². The van der Waals surface area contributed by atoms with Crippen molar-refractivity contribution in [3.05, 3.63) is 35.4 Å². The van der Waals surface area contributed by atoms with Gasteiger partial charge in [-0.15, -0.1) is 0 Å². The van der Waals surface area contributed by atoms with Gasteiger partial charge in [0.05, 0.1) is 5.56 Å². The average Bonchev–Trinajstić information content (AvgIpc) is 2.59. The monoisotopic (exact) mass is 332 g/mol. The maximum atomic E-state index is 12.3. The second-order valence-corrected chi connectivity index (χ2v) is 6.39. The number of piperidine rings is 1. The Morgan fingerprint density at radius 2 is 1.83 bits per heavy atom. The smallest absolute Gasteiger partial charge is 0.335 e. The van der Waals surface area contributed by atoms with Gasteiger partial charge < -0.3 is 14.9 Å². The maximum Gasteiger partial charge on any atom is 0.335 e. The topological polar surface area (TPSA) is 77.9 Å². The summed E-state index contributed by atoms with van der Waals surface area (Å²) in [7, 11) is 3.37. The molecule has 130 valence electrons. The first-order chi connectivity index (χ1) is 11.4. The third-order valence-corrected chi connectivity index (χ3v) is 4.45. The molecule has 1 atom stereocenters. The molecule has 1 aromatic carbocycles. The molecule has 0 unspecified atom stereocenters. The Hall–Kier alpha value is -2.37. The minimum atomic E-state index is -0.937. The van der Waals surface area contributed by atoms with Crippen molar-refractivity contribution in [3.8, 4) is 0 Å². The highest BCUT2D eigenvalue weighted by atomic mass is 16.4. The molecule has 6 nitrogen and oxygen atoms in total. The van der Waals surface area contributed by atoms with Crippen LogP contribution in [0.5, 0.6) is 0 Å². The Balaban J connectivity index is 1.94. The molecule has 1 heterocycles. The lowest BCUT2D eigenvalue weighted by atomic mass is 9.90. The van der Waals surface area contributed by atoms with E-state index in [4.69, 9.17) is 5.11 Å². The SMILES string of the molecule is CN(C)C(=O)CCC(=O)N1CCC[C@@H](c2ccc(C(=O)O)cc2)C1. The van der Waals surface area contributed by atoms with Crippen LogP contribution in [0.2, 0.25) is 0 Å². The van der Waals surface area contributed by atoms with E-state index in [1.807, 2.05) is 17.0 Å². The van der Waals surface area contributed by atoms with Crippen molar-refractivity contribution in [2.45, 2.75) is 31.6 Å². The van der Waals surface area contributed by atoms with Crippen LogP contribution in [0, 0.1) is 0 Å². The zero-order valence-electron chi connectivity index (χ0n) is 14.2. The fraction of sp³-hybridized carbons (Fsp3) is 0.500. The van der Waals surface area contributed by atoms with Crippen LogP contribution >= 0.6 is 0 Å². The summed E-state index contributed by atoms with van der Waals surface area (Å²) in [6.45, 7) is 1.35. The van der Waals surface area contributed by atoms with E-state index in [-0.39, 0.29) is 36.1 Å². The van der Waals surface area contributed by atoms with Crippen molar-refractivity contribution >= 4 is 17.8 Å². The number of carboxylic acids is 1. The van der Waals surface area contributed by atoms with Crippen molar-refractivity contribution in [1.29, 1.82) is 0 Å². The Labute approximate surface area is 142 Å². The molecule has 0 radical (unpaired) electrons. The van der Waals surface area contributed by atoms with E-state index in [0.29, 0.717) is 6.54 Å². The Morgan fingerprint density at radius 1 is 1.17 bits per heavy atom. The molecule has 1 saturated heterocycles. The molecule has 1 aromatic rings. The molecule has 0 aromatic heterocycles. The molecule has 2 rings (SSSR count). The van der Waals surface area contributed by atoms with Gasteiger partial charge in [0, 0.05) is 45.9 Å². The van der Waals surface area contributed by atoms with Crippen LogP contribution in [0.1, 0.15) is 47.5 Å². The van der Waals surface area contributed by atoms with Crippen molar-refractivity contribution in [1.82, 2.24) is 9.80 Å². The van der Waals surface area contributed by atoms with E-state index < -0.39 is 5.97 Å². The van der Waals surface area contributed by atoms with E-state index >= 15 is 0 Å². The minimum absolute atomic E-state index is 0.0112. The number of carboxylic acid groups (broad SMARTS) is 1. The number of aromatic carboxylic acids is 1. The van der Waals surface area contributed by atoms with Gasteiger partial charge in [-0.3, -0.25) is 9.59 Å². The van der Waals surface area contributed by atoms with E-state index in [1.165, 1.54) is 4.90 Å². The van der Waals surface area contributed by atoms with Gasteiger partial charge in [-0.2, -0.15) is 0 Å². The number of carbonyl (C=O) groups excluding carboxylic acids is 2. The van der Waals surface area contributed by atoms with Crippen molar-refractivity contribution in [2.24, 2.45) is 0 Å². The van der Waals surface area contributed by atoms with Gasteiger partial charge in [0.2, 0.25) is 11.8 Å². The number of rotatable bonds is 5. The summed E-state index contributed by atoms with van der Waals surface area (Å²) in [5, 5.41) is 8.96. The number of hydrogen-bond acceptors (Lipinski definition) is 3. The number of likely N-dealkylation sites (tertiary alicyclic amines) is 1. The van der Waals surface area contributed by atoms with Crippen LogP contribution in [0.25, 0.3) is 0 Å². The zero-order valence-corrected chi connectivity index (χ0v) is 14.2. The standard InChI is InChI=1S/C18H24N2O4/c1-19(2)16(21)9-10-17(22)20-11-3-4-15(12-20)13-5-7-14(8-6-13)18(23)24/h5-8,15H,3-4,9-12H2,1-2H3,(H,23,24)/t15-/m1/s1. The van der Waals surface area contributed by atoms with Crippen LogP contribution in [-0.2, 0) is 9.59 Å². The second-order valence-electron chi connectivity index (χ2n) is 6.39. The summed E-state index contributed by atoms with van der Waals surface area (Å²) >= 11 is 0. The zero-order chi connectivity index (χ0) is 17.7. The summed E-state index contributed by atoms with van der Waals surface area (Å²) in [5.74, 6) is -0.749. The predicted molar refractivity (Wildman–Crippen MR) is 89.9 cm³/mol. The van der Waals surface area contributed by atoms with Crippen molar-refractivity contribution < 1.29 is 19.5 Å². The molecule has 1 N–H and O–H groups in total. The summed E-state index contributed by atoms with van der Waals surface area (Å²) < 4.78 is 0. The first kappa shape index (κ1) is 18.0. The number of nitrogens with zero attached hydrogens (tertiary/aromatic N) is 2. The number of amides is 2. The van der Waals surface area contributed by atoms with E-state index in [1.54, 1.807) is 26.2 Å². The quantitative estimate of drug-likeness (QED) is 0.894. The molecule has 0 bridgehead atoms. The number of benzene rings is 1. The molecule has 1 aliphatic rings. The summed E-state index contributed by atoms with van der Waals surface area (Å²) in [5.41, 5.74) is 1.33. The van der Waals surface area contributed by atoms with E-state index in [0.717, 1.165) is 24.9 Å². The average molecular weight is 332 g/mol. The van der Waals surface area contributed by atoms with Gasteiger partial charge >= 0.3 is 5.97 Å². The highest BCUT2D eigenvalue weighted by Gasteiger charge is 2.25. The van der Waals surface area contributed by atoms with Crippen LogP contribution < -0.4 is 0 Å². The lowest BCUT2D eigenvalue weighted by Gasteiger charge is -2.33. The van der Waals surface area contributed by atoms with Crippen LogP contribution in [0.3, 0.4) is 0 Å². The Kier molecular flexibility index (Phi) is 5.95. The second kappa shape index (κ2) is 7.95. The number of hydrogen-bond donors (Lipinski definition) is 1. The largest absolute Gasteiger partial charge is 0.478 e. The summed E-state index contributed by atoms with van der Waals surface area (Å²) in [4.78, 5) is 38.2. The van der Waals surface area contributed by atoms with Gasteiger partial charge in [-0.25, -0.2) is 4.79 Å². The summed E-state index contributed by atoms with van der Waals surface area (Å²) in [6, 6.07) is 6.87. The third kappa shape index (κ3) is 4.57. The molecule has 0 aliphatic carbocycles. The highest BCUT2D eigenvalue weighted by molar-refractivity contribution is 5.87. The normalized spacial score (nSPS) is 17.4. The fourth-order valence-corrected chi connectivity index (χ4v) is 2.97. The third-order valence-electron chi connectivity index (χ3n) is 4.45. The van der Waals surface area contributed by atoms with Gasteiger partial charge in [0.1, 0.15) is 0 Å². The number of carbonyl (C=O) groups is 3. The molecule has 6 heteroatoms. The van der Waals surface area contributed by atoms with Crippen LogP contribution in [-0.4, -0.2) is 59.9 Å². The maximum absolute atomic E-state index is 12.3. The fourth-order valence-electron chi connectivity index (χ4n) is 2.97.